The number of aromatic nitrogens is 2. The van der Waals surface area contributed by atoms with Crippen LogP contribution in [0.15, 0.2) is 77.3 Å². The molecule has 2 amide bonds. The third kappa shape index (κ3) is 5.05. The van der Waals surface area contributed by atoms with E-state index in [1.807, 2.05) is 72.8 Å². The summed E-state index contributed by atoms with van der Waals surface area (Å²) in [6.45, 7) is 0.330. The zero-order valence-corrected chi connectivity index (χ0v) is 16.6. The van der Waals surface area contributed by atoms with Gasteiger partial charge in [-0.25, -0.2) is 0 Å². The Hall–Kier alpha value is -4.20. The van der Waals surface area contributed by atoms with E-state index in [2.05, 4.69) is 20.8 Å². The van der Waals surface area contributed by atoms with Crippen molar-refractivity contribution in [3.8, 4) is 17.1 Å². The van der Waals surface area contributed by atoms with Gasteiger partial charge in [0.2, 0.25) is 5.82 Å². The van der Waals surface area contributed by atoms with E-state index in [1.165, 1.54) is 0 Å². The molecule has 3 aromatic carbocycles. The maximum atomic E-state index is 12.1. The van der Waals surface area contributed by atoms with E-state index in [4.69, 9.17) is 9.26 Å². The fourth-order valence-corrected chi connectivity index (χ4v) is 2.99. The van der Waals surface area contributed by atoms with E-state index in [-0.39, 0.29) is 31.5 Å². The van der Waals surface area contributed by atoms with Crippen LogP contribution in [0.3, 0.4) is 0 Å². The second kappa shape index (κ2) is 9.53. The molecule has 0 spiro atoms. The lowest BCUT2D eigenvalue weighted by Crippen LogP contribution is -2.36. The molecule has 156 valence electrons. The van der Waals surface area contributed by atoms with E-state index in [1.54, 1.807) is 0 Å². The summed E-state index contributed by atoms with van der Waals surface area (Å²) in [6.07, 6.45) is 0. The molecule has 1 aromatic heterocycles. The number of carbonyl (C=O) groups excluding carboxylic acids is 2. The highest BCUT2D eigenvalue weighted by Gasteiger charge is 2.15. The summed E-state index contributed by atoms with van der Waals surface area (Å²) in [5.74, 6) is 0.0588. The summed E-state index contributed by atoms with van der Waals surface area (Å²) in [5, 5.41) is 11.1. The van der Waals surface area contributed by atoms with Crippen LogP contribution in [-0.4, -0.2) is 41.7 Å². The number of rotatable bonds is 8. The molecule has 31 heavy (non-hydrogen) atoms. The van der Waals surface area contributed by atoms with Crippen molar-refractivity contribution < 1.29 is 18.8 Å². The molecule has 0 atom stereocenters. The van der Waals surface area contributed by atoms with Crippen molar-refractivity contribution >= 4 is 22.6 Å². The van der Waals surface area contributed by atoms with Crippen LogP contribution < -0.4 is 15.4 Å². The van der Waals surface area contributed by atoms with E-state index in [9.17, 15) is 9.59 Å². The number of carbonyl (C=O) groups is 2. The summed E-state index contributed by atoms with van der Waals surface area (Å²) in [4.78, 5) is 28.2. The molecule has 0 saturated carbocycles. The largest absolute Gasteiger partial charge is 0.483 e. The molecular formula is C23H20N4O4. The van der Waals surface area contributed by atoms with Gasteiger partial charge in [0.25, 0.3) is 5.91 Å². The lowest BCUT2D eigenvalue weighted by molar-refractivity contribution is -0.123. The van der Waals surface area contributed by atoms with E-state index in [0.29, 0.717) is 11.6 Å². The molecule has 0 radical (unpaired) electrons. The first-order valence-electron chi connectivity index (χ1n) is 9.75. The highest BCUT2D eigenvalue weighted by atomic mass is 16.5. The van der Waals surface area contributed by atoms with Gasteiger partial charge < -0.3 is 19.9 Å². The minimum atomic E-state index is -0.504. The lowest BCUT2D eigenvalue weighted by Gasteiger charge is -2.10. The summed E-state index contributed by atoms with van der Waals surface area (Å²) in [5.41, 5.74) is 0.753. The molecular weight excluding hydrogens is 396 g/mol. The van der Waals surface area contributed by atoms with Gasteiger partial charge in [-0.15, -0.1) is 0 Å². The Balaban J connectivity index is 1.20. The first-order valence-corrected chi connectivity index (χ1v) is 9.75. The van der Waals surface area contributed by atoms with Crippen LogP contribution in [0.2, 0.25) is 0 Å². The first-order chi connectivity index (χ1) is 15.2. The molecule has 4 aromatic rings. The van der Waals surface area contributed by atoms with Gasteiger partial charge in [0, 0.05) is 24.0 Å². The third-order valence-electron chi connectivity index (χ3n) is 4.49. The van der Waals surface area contributed by atoms with E-state index >= 15 is 0 Å². The van der Waals surface area contributed by atoms with Crippen molar-refractivity contribution in [3.05, 3.63) is 78.7 Å². The van der Waals surface area contributed by atoms with Crippen molar-refractivity contribution in [1.82, 2.24) is 20.8 Å². The normalized spacial score (nSPS) is 10.6. The van der Waals surface area contributed by atoms with Crippen molar-refractivity contribution in [2.24, 2.45) is 0 Å². The Morgan fingerprint density at radius 3 is 2.48 bits per heavy atom. The third-order valence-corrected chi connectivity index (χ3v) is 4.49. The fraction of sp³-hybridized carbons (Fsp3) is 0.130. The number of hydrogen-bond acceptors (Lipinski definition) is 6. The van der Waals surface area contributed by atoms with Crippen LogP contribution in [0.1, 0.15) is 10.7 Å². The molecule has 0 fully saturated rings. The van der Waals surface area contributed by atoms with E-state index < -0.39 is 5.91 Å². The quantitative estimate of drug-likeness (QED) is 0.428. The molecule has 2 N–H and O–H groups in total. The van der Waals surface area contributed by atoms with Crippen molar-refractivity contribution in [2.75, 3.05) is 19.7 Å². The topological polar surface area (TPSA) is 106 Å². The summed E-state index contributed by atoms with van der Waals surface area (Å²) < 4.78 is 10.6. The minimum Gasteiger partial charge on any atom is -0.483 e. The minimum absolute atomic E-state index is 0.119. The summed E-state index contributed by atoms with van der Waals surface area (Å²) in [6, 6.07) is 22.7. The predicted molar refractivity (Wildman–Crippen MR) is 115 cm³/mol. The lowest BCUT2D eigenvalue weighted by atomic mass is 10.1. The SMILES string of the molecule is O=C(COc1cccc2ccccc12)NCCNC(=O)c1nc(-c2ccccc2)no1. The van der Waals surface area contributed by atoms with Crippen LogP contribution >= 0.6 is 0 Å². The first kappa shape index (κ1) is 20.1. The molecule has 0 aliphatic rings. The molecule has 0 bridgehead atoms. The fourth-order valence-electron chi connectivity index (χ4n) is 2.99. The highest BCUT2D eigenvalue weighted by molar-refractivity contribution is 5.90. The summed E-state index contributed by atoms with van der Waals surface area (Å²) in [7, 11) is 0. The summed E-state index contributed by atoms with van der Waals surface area (Å²) >= 11 is 0. The molecule has 0 aliphatic heterocycles. The van der Waals surface area contributed by atoms with Crippen LogP contribution in [0.25, 0.3) is 22.2 Å². The second-order valence-electron chi connectivity index (χ2n) is 6.66. The number of fused-ring (bicyclic) bond motifs is 1. The Morgan fingerprint density at radius 2 is 1.61 bits per heavy atom. The van der Waals surface area contributed by atoms with Gasteiger partial charge >= 0.3 is 11.8 Å². The number of hydrogen-bond donors (Lipinski definition) is 2. The zero-order valence-electron chi connectivity index (χ0n) is 16.6. The van der Waals surface area contributed by atoms with Gasteiger partial charge in [-0.1, -0.05) is 71.9 Å². The van der Waals surface area contributed by atoms with Crippen LogP contribution in [0, 0.1) is 0 Å². The van der Waals surface area contributed by atoms with Gasteiger partial charge in [-0.05, 0) is 11.5 Å². The Bertz CT molecular complexity index is 1190. The number of nitrogens with zero attached hydrogens (tertiary/aromatic N) is 2. The molecule has 0 unspecified atom stereocenters. The van der Waals surface area contributed by atoms with Crippen LogP contribution in [0.5, 0.6) is 5.75 Å². The van der Waals surface area contributed by atoms with Crippen LogP contribution in [-0.2, 0) is 4.79 Å². The average Bonchev–Trinajstić information content (AvgIpc) is 3.31. The van der Waals surface area contributed by atoms with Gasteiger partial charge in [0.05, 0.1) is 0 Å². The molecule has 8 heteroatoms. The monoisotopic (exact) mass is 416 g/mol. The molecule has 4 rings (SSSR count). The Kier molecular flexibility index (Phi) is 6.18. The number of benzene rings is 3. The standard InChI is InChI=1S/C23H20N4O4/c28-20(15-30-19-12-6-10-16-7-4-5-11-18(16)19)24-13-14-25-22(29)23-26-21(27-31-23)17-8-2-1-3-9-17/h1-12H,13-15H2,(H,24,28)(H,25,29). The second-order valence-corrected chi connectivity index (χ2v) is 6.66. The number of ether oxygens (including phenoxy) is 1. The van der Waals surface area contributed by atoms with Gasteiger partial charge in [0.15, 0.2) is 6.61 Å². The average molecular weight is 416 g/mol. The number of nitrogens with one attached hydrogen (secondary N) is 2. The van der Waals surface area contributed by atoms with Crippen molar-refractivity contribution in [1.29, 1.82) is 0 Å². The molecule has 8 nitrogen and oxygen atoms in total. The molecule has 0 saturated heterocycles. The van der Waals surface area contributed by atoms with Crippen molar-refractivity contribution in [2.45, 2.75) is 0 Å². The smallest absolute Gasteiger partial charge is 0.316 e. The maximum Gasteiger partial charge on any atom is 0.316 e. The molecule has 1 heterocycles. The van der Waals surface area contributed by atoms with Gasteiger partial charge in [0.1, 0.15) is 5.75 Å². The predicted octanol–water partition coefficient (Wildman–Crippen LogP) is 2.81. The van der Waals surface area contributed by atoms with Gasteiger partial charge in [-0.2, -0.15) is 4.98 Å². The van der Waals surface area contributed by atoms with Crippen LogP contribution in [0.4, 0.5) is 0 Å². The molecule has 0 aliphatic carbocycles. The van der Waals surface area contributed by atoms with Gasteiger partial charge in [-0.3, -0.25) is 9.59 Å². The maximum absolute atomic E-state index is 12.1. The number of amides is 2. The Morgan fingerprint density at radius 1 is 0.871 bits per heavy atom. The van der Waals surface area contributed by atoms with E-state index in [0.717, 1.165) is 16.3 Å². The Labute approximate surface area is 178 Å². The zero-order chi connectivity index (χ0) is 21.5. The van der Waals surface area contributed by atoms with Crippen molar-refractivity contribution in [3.63, 3.8) is 0 Å². The highest BCUT2D eigenvalue weighted by Crippen LogP contribution is 2.24.